The molecule has 18 heavy (non-hydrogen) atoms. The first-order chi connectivity index (χ1) is 6.93. The van der Waals surface area contributed by atoms with E-state index in [2.05, 4.69) is 0 Å². The summed E-state index contributed by atoms with van der Waals surface area (Å²) in [7, 11) is 0. The fourth-order valence-electron chi connectivity index (χ4n) is 0. The smallest absolute Gasteiger partial charge is 0.300 e. The van der Waals surface area contributed by atoms with Crippen molar-refractivity contribution in [1.82, 2.24) is 12.3 Å². The highest BCUT2D eigenvalue weighted by Crippen LogP contribution is 1.43. The molecule has 10 heteroatoms. The van der Waals surface area contributed by atoms with Crippen LogP contribution in [0.2, 0.25) is 0 Å². The maximum Gasteiger partial charge on any atom is 0.300 e. The molecule has 0 aliphatic heterocycles. The highest BCUT2D eigenvalue weighted by Gasteiger charge is 1.66. The number of carboxylic acid groups (broad SMARTS) is 4. The molecule has 10 nitrogen and oxygen atoms in total. The van der Waals surface area contributed by atoms with Crippen LogP contribution < -0.4 is 12.3 Å². The van der Waals surface area contributed by atoms with Crippen LogP contribution in [-0.2, 0) is 19.2 Å². The predicted octanol–water partition coefficient (Wildman–Crippen LogP) is 0.688. The lowest BCUT2D eigenvalue weighted by Gasteiger charge is -1.59. The number of hydrogen-bond acceptors (Lipinski definition) is 6. The summed E-state index contributed by atoms with van der Waals surface area (Å²) in [5.74, 6) is -3.33. The second-order valence-electron chi connectivity index (χ2n) is 2.08. The standard InChI is InChI=1S/4C2H4O2.2H3N/c4*1-2(3)4;;/h4*1H3,(H,3,4);2*1H3. The number of hydrogen-bond donors (Lipinski definition) is 6. The molecule has 0 aliphatic rings. The Hall–Kier alpha value is -2.20. The average molecular weight is 274 g/mol. The molecule has 10 N–H and O–H groups in total. The van der Waals surface area contributed by atoms with Crippen LogP contribution in [0.3, 0.4) is 0 Å². The molecule has 0 atom stereocenters. The third kappa shape index (κ3) is 467. The molecule has 0 amide bonds. The summed E-state index contributed by atoms with van der Waals surface area (Å²) < 4.78 is 0. The van der Waals surface area contributed by atoms with E-state index in [1.807, 2.05) is 0 Å². The molecule has 0 aliphatic carbocycles. The molecule has 0 saturated heterocycles. The molecule has 112 valence electrons. The molecule has 0 aromatic carbocycles. The van der Waals surface area contributed by atoms with Gasteiger partial charge in [0.05, 0.1) is 0 Å². The summed E-state index contributed by atoms with van der Waals surface area (Å²) >= 11 is 0. The molecule has 0 bridgehead atoms. The van der Waals surface area contributed by atoms with Gasteiger partial charge in [0, 0.05) is 27.7 Å². The van der Waals surface area contributed by atoms with Crippen molar-refractivity contribution in [2.24, 2.45) is 0 Å². The van der Waals surface area contributed by atoms with Gasteiger partial charge >= 0.3 is 0 Å². The summed E-state index contributed by atoms with van der Waals surface area (Å²) in [5, 5.41) is 29.7. The van der Waals surface area contributed by atoms with Crippen LogP contribution in [0.5, 0.6) is 0 Å². The Morgan fingerprint density at radius 3 is 0.500 bits per heavy atom. The van der Waals surface area contributed by atoms with Gasteiger partial charge < -0.3 is 32.7 Å². The third-order valence-corrected chi connectivity index (χ3v) is 0. The van der Waals surface area contributed by atoms with Crippen LogP contribution in [0.1, 0.15) is 27.7 Å². The number of aliphatic carboxylic acids is 4. The van der Waals surface area contributed by atoms with Crippen LogP contribution in [0.4, 0.5) is 0 Å². The predicted molar refractivity (Wildman–Crippen MR) is 63.3 cm³/mol. The zero-order chi connectivity index (χ0) is 14.3. The molecule has 0 rings (SSSR count). The first-order valence-electron chi connectivity index (χ1n) is 3.71. The second kappa shape index (κ2) is 29.3. The molecule has 0 fully saturated rings. The minimum Gasteiger partial charge on any atom is -0.481 e. The van der Waals surface area contributed by atoms with Gasteiger partial charge in [0.25, 0.3) is 23.9 Å². The van der Waals surface area contributed by atoms with Gasteiger partial charge in [-0.15, -0.1) is 0 Å². The van der Waals surface area contributed by atoms with Crippen molar-refractivity contribution in [1.29, 1.82) is 0 Å². The van der Waals surface area contributed by atoms with E-state index in [-0.39, 0.29) is 12.3 Å². The maximum absolute atomic E-state index is 9.00. The maximum atomic E-state index is 9.00. The van der Waals surface area contributed by atoms with Crippen LogP contribution >= 0.6 is 0 Å². The van der Waals surface area contributed by atoms with Gasteiger partial charge in [0.1, 0.15) is 0 Å². The van der Waals surface area contributed by atoms with Crippen LogP contribution in [-0.4, -0.2) is 44.3 Å². The van der Waals surface area contributed by atoms with E-state index in [0.29, 0.717) is 0 Å². The summed E-state index contributed by atoms with van der Waals surface area (Å²) in [6.45, 7) is 4.33. The van der Waals surface area contributed by atoms with Crippen LogP contribution in [0.15, 0.2) is 0 Å². The minimum atomic E-state index is -0.833. The number of rotatable bonds is 0. The zero-order valence-corrected chi connectivity index (χ0v) is 10.8. The topological polar surface area (TPSA) is 219 Å². The van der Waals surface area contributed by atoms with Crippen molar-refractivity contribution in [3.05, 3.63) is 0 Å². The van der Waals surface area contributed by atoms with Gasteiger partial charge in [0.15, 0.2) is 0 Å². The molecule has 0 aromatic heterocycles. The normalized spacial score (nSPS) is 5.56. The van der Waals surface area contributed by atoms with Gasteiger partial charge in [-0.3, -0.25) is 19.2 Å². The van der Waals surface area contributed by atoms with Gasteiger partial charge in [-0.1, -0.05) is 0 Å². The molecule has 0 radical (unpaired) electrons. The lowest BCUT2D eigenvalue weighted by atomic mass is 10.9. The van der Waals surface area contributed by atoms with E-state index in [0.717, 1.165) is 27.7 Å². The first kappa shape index (κ1) is 36.0. The molecule has 0 spiro atoms. The molecular formula is C8H22N2O8. The van der Waals surface area contributed by atoms with Gasteiger partial charge in [-0.25, -0.2) is 0 Å². The van der Waals surface area contributed by atoms with Crippen molar-refractivity contribution < 1.29 is 39.6 Å². The SMILES string of the molecule is CC(=O)O.CC(=O)O.CC(=O)O.CC(=O)O.N.N. The molecule has 0 aromatic rings. The Labute approximate surface area is 104 Å². The molecular weight excluding hydrogens is 252 g/mol. The van der Waals surface area contributed by atoms with Crippen molar-refractivity contribution in [3.63, 3.8) is 0 Å². The van der Waals surface area contributed by atoms with E-state index in [1.165, 1.54) is 0 Å². The van der Waals surface area contributed by atoms with Crippen LogP contribution in [0, 0.1) is 0 Å². The van der Waals surface area contributed by atoms with Gasteiger partial charge in [0.2, 0.25) is 0 Å². The van der Waals surface area contributed by atoms with Crippen molar-refractivity contribution in [2.75, 3.05) is 0 Å². The first-order valence-corrected chi connectivity index (χ1v) is 3.71. The fraction of sp³-hybridized carbons (Fsp3) is 0.500. The van der Waals surface area contributed by atoms with E-state index < -0.39 is 23.9 Å². The minimum absolute atomic E-state index is 0. The number of carboxylic acids is 4. The summed E-state index contributed by atoms with van der Waals surface area (Å²) in [4.78, 5) is 36.0. The van der Waals surface area contributed by atoms with E-state index in [4.69, 9.17) is 39.6 Å². The average Bonchev–Trinajstić information content (AvgIpc) is 1.76. The Balaban J connectivity index is -0.0000000257. The van der Waals surface area contributed by atoms with Crippen molar-refractivity contribution in [3.8, 4) is 0 Å². The third-order valence-electron chi connectivity index (χ3n) is 0. The van der Waals surface area contributed by atoms with Gasteiger partial charge in [-0.2, -0.15) is 0 Å². The fourth-order valence-corrected chi connectivity index (χ4v) is 0. The van der Waals surface area contributed by atoms with E-state index in [9.17, 15) is 0 Å². The van der Waals surface area contributed by atoms with Crippen LogP contribution in [0.25, 0.3) is 0 Å². The zero-order valence-electron chi connectivity index (χ0n) is 10.8. The Kier molecular flexibility index (Phi) is 58.8. The Bertz CT molecular complexity index is 165. The van der Waals surface area contributed by atoms with E-state index >= 15 is 0 Å². The van der Waals surface area contributed by atoms with E-state index in [1.54, 1.807) is 0 Å². The number of carbonyl (C=O) groups is 4. The summed E-state index contributed by atoms with van der Waals surface area (Å²) in [6, 6.07) is 0. The quantitative estimate of drug-likeness (QED) is 0.362. The van der Waals surface area contributed by atoms with Gasteiger partial charge in [-0.05, 0) is 0 Å². The van der Waals surface area contributed by atoms with Crippen molar-refractivity contribution >= 4 is 23.9 Å². The molecule has 0 heterocycles. The second-order valence-corrected chi connectivity index (χ2v) is 2.08. The lowest BCUT2D eigenvalue weighted by molar-refractivity contribution is -0.135. The summed E-state index contributed by atoms with van der Waals surface area (Å²) in [6.07, 6.45) is 0. The highest BCUT2D eigenvalue weighted by molar-refractivity contribution is 5.63. The highest BCUT2D eigenvalue weighted by atomic mass is 16.4. The molecule has 0 unspecified atom stereocenters. The molecule has 0 saturated carbocycles. The lowest BCUT2D eigenvalue weighted by Crippen LogP contribution is -1.78. The largest absolute Gasteiger partial charge is 0.481 e. The summed E-state index contributed by atoms with van der Waals surface area (Å²) in [5.41, 5.74) is 0. The van der Waals surface area contributed by atoms with Crippen molar-refractivity contribution in [2.45, 2.75) is 27.7 Å². The Morgan fingerprint density at radius 1 is 0.500 bits per heavy atom. The Morgan fingerprint density at radius 2 is 0.500 bits per heavy atom. The monoisotopic (exact) mass is 274 g/mol.